The lowest BCUT2D eigenvalue weighted by Gasteiger charge is -2.01. The topological polar surface area (TPSA) is 89.3 Å². The molecular weight excluding hydrogens is 190 g/mol. The summed E-state index contributed by atoms with van der Waals surface area (Å²) in [6.07, 6.45) is 3.67. The molecule has 5 heteroatoms. The summed E-state index contributed by atoms with van der Waals surface area (Å²) in [6, 6.07) is 1.86. The smallest absolute Gasteiger partial charge is 0.155 e. The quantitative estimate of drug-likeness (QED) is 0.660. The number of aromatic nitrogens is 3. The molecule has 0 aliphatic carbocycles. The van der Waals surface area contributed by atoms with Gasteiger partial charge in [-0.15, -0.1) is 0 Å². The van der Waals surface area contributed by atoms with Gasteiger partial charge in [0.25, 0.3) is 0 Å². The number of nitrogens with zero attached hydrogens (tertiary/aromatic N) is 2. The summed E-state index contributed by atoms with van der Waals surface area (Å²) in [6.45, 7) is 1.69. The fourth-order valence-electron chi connectivity index (χ4n) is 1.37. The lowest BCUT2D eigenvalue weighted by atomic mass is 10.1. The fourth-order valence-corrected chi connectivity index (χ4v) is 1.37. The molecule has 76 valence electrons. The first-order valence-corrected chi connectivity index (χ1v) is 4.58. The molecule has 0 spiro atoms. The van der Waals surface area contributed by atoms with Crippen molar-refractivity contribution in [2.24, 2.45) is 0 Å². The first kappa shape index (κ1) is 9.51. The first-order valence-electron chi connectivity index (χ1n) is 4.58. The van der Waals surface area contributed by atoms with Gasteiger partial charge in [0.05, 0.1) is 6.20 Å². The van der Waals surface area contributed by atoms with E-state index in [2.05, 4.69) is 15.2 Å². The van der Waals surface area contributed by atoms with Crippen LogP contribution in [0.4, 0.5) is 0 Å². The van der Waals surface area contributed by atoms with Gasteiger partial charge in [-0.25, -0.2) is 4.98 Å². The summed E-state index contributed by atoms with van der Waals surface area (Å²) in [4.78, 5) is 4.14. The maximum Gasteiger partial charge on any atom is 0.155 e. The van der Waals surface area contributed by atoms with E-state index in [1.54, 1.807) is 19.3 Å². The Morgan fingerprint density at radius 3 is 2.93 bits per heavy atom. The molecule has 2 aromatic rings. The molecule has 0 aliphatic heterocycles. The van der Waals surface area contributed by atoms with Crippen molar-refractivity contribution in [1.29, 1.82) is 10.8 Å². The van der Waals surface area contributed by atoms with E-state index in [1.165, 1.54) is 0 Å². The molecule has 0 saturated carbocycles. The van der Waals surface area contributed by atoms with Crippen molar-refractivity contribution in [1.82, 2.24) is 15.2 Å². The van der Waals surface area contributed by atoms with Gasteiger partial charge in [0.1, 0.15) is 0 Å². The van der Waals surface area contributed by atoms with Gasteiger partial charge in [-0.2, -0.15) is 5.10 Å². The summed E-state index contributed by atoms with van der Waals surface area (Å²) < 4.78 is 0. The fraction of sp³-hybridized carbons (Fsp3) is 0.200. The SMILES string of the molecule is CC(=N)CC(=N)c1cnc2[nH]ncc2c1. The molecule has 0 fully saturated rings. The third-order valence-corrected chi connectivity index (χ3v) is 2.08. The van der Waals surface area contributed by atoms with Crippen molar-refractivity contribution < 1.29 is 0 Å². The van der Waals surface area contributed by atoms with E-state index in [0.29, 0.717) is 17.8 Å². The molecule has 0 saturated heterocycles. The van der Waals surface area contributed by atoms with Gasteiger partial charge in [0.15, 0.2) is 5.65 Å². The molecule has 0 aromatic carbocycles. The van der Waals surface area contributed by atoms with Crippen LogP contribution in [0.1, 0.15) is 18.9 Å². The second-order valence-corrected chi connectivity index (χ2v) is 3.47. The van der Waals surface area contributed by atoms with Gasteiger partial charge in [-0.1, -0.05) is 0 Å². The number of rotatable bonds is 3. The average Bonchev–Trinajstić information content (AvgIpc) is 2.62. The van der Waals surface area contributed by atoms with Gasteiger partial charge < -0.3 is 10.8 Å². The molecule has 3 N–H and O–H groups in total. The van der Waals surface area contributed by atoms with Gasteiger partial charge in [-0.05, 0) is 13.0 Å². The Bertz CT molecular complexity index is 525. The zero-order chi connectivity index (χ0) is 10.8. The Labute approximate surface area is 86.6 Å². The van der Waals surface area contributed by atoms with Crippen molar-refractivity contribution in [3.8, 4) is 0 Å². The number of fused-ring (bicyclic) bond motifs is 1. The van der Waals surface area contributed by atoms with Crippen LogP contribution in [-0.4, -0.2) is 26.6 Å². The highest BCUT2D eigenvalue weighted by Gasteiger charge is 2.05. The van der Waals surface area contributed by atoms with E-state index in [4.69, 9.17) is 10.8 Å². The maximum atomic E-state index is 7.78. The number of hydrogen-bond acceptors (Lipinski definition) is 4. The van der Waals surface area contributed by atoms with E-state index in [0.717, 1.165) is 16.6 Å². The van der Waals surface area contributed by atoms with Gasteiger partial charge in [0.2, 0.25) is 0 Å². The molecule has 15 heavy (non-hydrogen) atoms. The normalized spacial score (nSPS) is 10.5. The Morgan fingerprint density at radius 1 is 1.40 bits per heavy atom. The van der Waals surface area contributed by atoms with Crippen LogP contribution in [0, 0.1) is 10.8 Å². The maximum absolute atomic E-state index is 7.78. The van der Waals surface area contributed by atoms with Crippen LogP contribution in [0.15, 0.2) is 18.5 Å². The Balaban J connectivity index is 2.35. The zero-order valence-corrected chi connectivity index (χ0v) is 8.33. The lowest BCUT2D eigenvalue weighted by molar-refractivity contribution is 1.10. The van der Waals surface area contributed by atoms with Gasteiger partial charge in [0, 0.05) is 35.0 Å². The third-order valence-electron chi connectivity index (χ3n) is 2.08. The van der Waals surface area contributed by atoms with Crippen LogP contribution in [0.5, 0.6) is 0 Å². The minimum atomic E-state index is 0.366. The van der Waals surface area contributed by atoms with E-state index in [1.807, 2.05) is 6.07 Å². The number of pyridine rings is 1. The van der Waals surface area contributed by atoms with E-state index in [-0.39, 0.29) is 0 Å². The van der Waals surface area contributed by atoms with Crippen LogP contribution in [0.2, 0.25) is 0 Å². The summed E-state index contributed by atoms with van der Waals surface area (Å²) in [5, 5.41) is 22.6. The highest BCUT2D eigenvalue weighted by Crippen LogP contribution is 2.11. The molecule has 5 nitrogen and oxygen atoms in total. The number of H-pyrrole nitrogens is 1. The molecule has 2 heterocycles. The monoisotopic (exact) mass is 201 g/mol. The van der Waals surface area contributed by atoms with Gasteiger partial charge >= 0.3 is 0 Å². The third kappa shape index (κ3) is 1.90. The first-order chi connectivity index (χ1) is 7.16. The second kappa shape index (κ2) is 3.61. The van der Waals surface area contributed by atoms with Crippen LogP contribution in [-0.2, 0) is 0 Å². The highest BCUT2D eigenvalue weighted by molar-refractivity contribution is 6.10. The zero-order valence-electron chi connectivity index (χ0n) is 8.33. The van der Waals surface area contributed by atoms with E-state index >= 15 is 0 Å². The Hall–Kier alpha value is -2.04. The predicted molar refractivity (Wildman–Crippen MR) is 58.7 cm³/mol. The van der Waals surface area contributed by atoms with Crippen LogP contribution in [0.3, 0.4) is 0 Å². The molecule has 2 aromatic heterocycles. The van der Waals surface area contributed by atoms with Gasteiger partial charge in [-0.3, -0.25) is 5.10 Å². The minimum Gasteiger partial charge on any atom is -0.310 e. The number of hydrogen-bond donors (Lipinski definition) is 3. The van der Waals surface area contributed by atoms with Crippen molar-refractivity contribution in [3.63, 3.8) is 0 Å². The second-order valence-electron chi connectivity index (χ2n) is 3.47. The lowest BCUT2D eigenvalue weighted by Crippen LogP contribution is -2.04. The standard InChI is InChI=1S/C10H11N5/c1-6(11)2-9(12)7-3-8-5-14-15-10(8)13-4-7/h3-5,11-12H,2H2,1H3,(H,13,14,15). The van der Waals surface area contributed by atoms with Crippen molar-refractivity contribution >= 4 is 22.5 Å². The Morgan fingerprint density at radius 2 is 2.20 bits per heavy atom. The summed E-state index contributed by atoms with van der Waals surface area (Å²) >= 11 is 0. The minimum absolute atomic E-state index is 0.366. The predicted octanol–water partition coefficient (Wildman–Crippen LogP) is 1.76. The molecule has 0 amide bonds. The molecule has 2 rings (SSSR count). The summed E-state index contributed by atoms with van der Waals surface area (Å²) in [5.41, 5.74) is 2.36. The molecule has 0 aliphatic rings. The average molecular weight is 201 g/mol. The molecule has 0 atom stereocenters. The summed E-state index contributed by atoms with van der Waals surface area (Å²) in [5.74, 6) is 0. The van der Waals surface area contributed by atoms with Crippen LogP contribution < -0.4 is 0 Å². The van der Waals surface area contributed by atoms with Crippen LogP contribution >= 0.6 is 0 Å². The van der Waals surface area contributed by atoms with E-state index in [9.17, 15) is 0 Å². The molecular formula is C10H11N5. The summed E-state index contributed by atoms with van der Waals surface area (Å²) in [7, 11) is 0. The largest absolute Gasteiger partial charge is 0.310 e. The van der Waals surface area contributed by atoms with Crippen molar-refractivity contribution in [2.75, 3.05) is 0 Å². The van der Waals surface area contributed by atoms with Crippen molar-refractivity contribution in [2.45, 2.75) is 13.3 Å². The Kier molecular flexibility index (Phi) is 2.29. The van der Waals surface area contributed by atoms with Crippen molar-refractivity contribution in [3.05, 3.63) is 24.0 Å². The van der Waals surface area contributed by atoms with Crippen LogP contribution in [0.25, 0.3) is 11.0 Å². The molecule has 0 radical (unpaired) electrons. The number of aromatic amines is 1. The molecule has 0 bridgehead atoms. The number of nitrogens with one attached hydrogen (secondary N) is 3. The molecule has 0 unspecified atom stereocenters. The highest BCUT2D eigenvalue weighted by atomic mass is 15.1. The van der Waals surface area contributed by atoms with E-state index < -0.39 is 0 Å².